The lowest BCUT2D eigenvalue weighted by molar-refractivity contribution is -0.187. The van der Waals surface area contributed by atoms with Gasteiger partial charge in [0, 0.05) is 19.6 Å². The molecule has 2 saturated heterocycles. The van der Waals surface area contributed by atoms with E-state index in [1.54, 1.807) is 6.92 Å². The smallest absolute Gasteiger partial charge is 0.340 e. The third-order valence-electron chi connectivity index (χ3n) is 3.79. The maximum Gasteiger partial charge on any atom is 0.340 e. The number of nitrogens with two attached hydrogens (primary N) is 1. The molecule has 0 aromatic rings. The maximum atomic E-state index is 11.8. The molecule has 0 saturated carbocycles. The standard InChI is InChI=1S/C14H24N2O5/c1-11(15)16-21-13(17)10-14(19-8-9-20-14)5-2-12-3-6-18-7-4-12/h12H,2-10H2,1H3,(H2,15,16). The molecule has 2 aliphatic rings. The van der Waals surface area contributed by atoms with E-state index in [2.05, 4.69) is 5.16 Å². The van der Waals surface area contributed by atoms with E-state index in [-0.39, 0.29) is 12.3 Å². The number of oxime groups is 1. The van der Waals surface area contributed by atoms with Gasteiger partial charge in [0.15, 0.2) is 5.79 Å². The molecule has 120 valence electrons. The van der Waals surface area contributed by atoms with Crippen molar-refractivity contribution in [2.45, 2.75) is 44.8 Å². The van der Waals surface area contributed by atoms with Crippen LogP contribution in [0.4, 0.5) is 0 Å². The van der Waals surface area contributed by atoms with Crippen LogP contribution in [0.5, 0.6) is 0 Å². The highest BCUT2D eigenvalue weighted by molar-refractivity contribution is 5.78. The van der Waals surface area contributed by atoms with E-state index in [1.807, 2.05) is 0 Å². The molecule has 2 N–H and O–H groups in total. The summed E-state index contributed by atoms with van der Waals surface area (Å²) < 4.78 is 16.7. The Bertz CT molecular complexity index is 370. The molecular formula is C14H24N2O5. The van der Waals surface area contributed by atoms with Crippen LogP contribution in [0.15, 0.2) is 5.16 Å². The van der Waals surface area contributed by atoms with E-state index in [9.17, 15) is 4.79 Å². The Balaban J connectivity index is 1.84. The monoisotopic (exact) mass is 300 g/mol. The van der Waals surface area contributed by atoms with E-state index >= 15 is 0 Å². The lowest BCUT2D eigenvalue weighted by atomic mass is 9.91. The summed E-state index contributed by atoms with van der Waals surface area (Å²) in [5.41, 5.74) is 5.34. The van der Waals surface area contributed by atoms with E-state index in [0.717, 1.165) is 32.5 Å². The molecule has 0 unspecified atom stereocenters. The Hall–Kier alpha value is -1.18. The predicted octanol–water partition coefficient (Wildman–Crippen LogP) is 1.16. The van der Waals surface area contributed by atoms with Gasteiger partial charge < -0.3 is 24.8 Å². The minimum absolute atomic E-state index is 0.0347. The fraction of sp³-hybridized carbons (Fsp3) is 0.857. The quantitative estimate of drug-likeness (QED) is 0.342. The SMILES string of the molecule is C/C(N)=N\OC(=O)CC1(CCC2CCOCC2)OCCO1. The molecule has 0 aliphatic carbocycles. The first-order chi connectivity index (χ1) is 10.1. The van der Waals surface area contributed by atoms with Gasteiger partial charge in [0.2, 0.25) is 0 Å². The molecule has 0 aromatic carbocycles. The molecule has 0 spiro atoms. The largest absolute Gasteiger partial charge is 0.385 e. The van der Waals surface area contributed by atoms with Crippen molar-refractivity contribution in [3.63, 3.8) is 0 Å². The molecule has 0 amide bonds. The van der Waals surface area contributed by atoms with Crippen LogP contribution in [0.3, 0.4) is 0 Å². The minimum atomic E-state index is -0.868. The summed E-state index contributed by atoms with van der Waals surface area (Å²) in [5.74, 6) is -0.557. The Morgan fingerprint density at radius 2 is 1.95 bits per heavy atom. The number of hydrogen-bond donors (Lipinski definition) is 1. The summed E-state index contributed by atoms with van der Waals surface area (Å²) in [4.78, 5) is 16.5. The fourth-order valence-electron chi connectivity index (χ4n) is 2.67. The van der Waals surface area contributed by atoms with Gasteiger partial charge in [-0.05, 0) is 32.1 Å². The third-order valence-corrected chi connectivity index (χ3v) is 3.79. The Kier molecular flexibility index (Phi) is 5.96. The first-order valence-corrected chi connectivity index (χ1v) is 7.45. The van der Waals surface area contributed by atoms with Crippen LogP contribution in [0, 0.1) is 5.92 Å². The predicted molar refractivity (Wildman–Crippen MR) is 75.4 cm³/mol. The van der Waals surface area contributed by atoms with E-state index < -0.39 is 11.8 Å². The number of hydrogen-bond acceptors (Lipinski definition) is 6. The second-order valence-electron chi connectivity index (χ2n) is 5.57. The first-order valence-electron chi connectivity index (χ1n) is 7.45. The average molecular weight is 300 g/mol. The number of rotatable bonds is 6. The van der Waals surface area contributed by atoms with Crippen molar-refractivity contribution < 1.29 is 23.8 Å². The highest BCUT2D eigenvalue weighted by Crippen LogP contribution is 2.32. The summed E-state index contributed by atoms with van der Waals surface area (Å²) in [5, 5.41) is 3.46. The van der Waals surface area contributed by atoms with Crippen LogP contribution in [-0.4, -0.2) is 44.0 Å². The lowest BCUT2D eigenvalue weighted by Crippen LogP contribution is -2.34. The topological polar surface area (TPSA) is 92.4 Å². The van der Waals surface area contributed by atoms with Crippen molar-refractivity contribution in [2.75, 3.05) is 26.4 Å². The molecule has 2 rings (SSSR count). The van der Waals surface area contributed by atoms with Gasteiger partial charge >= 0.3 is 5.97 Å². The highest BCUT2D eigenvalue weighted by Gasteiger charge is 2.40. The molecule has 0 aromatic heterocycles. The van der Waals surface area contributed by atoms with Crippen molar-refractivity contribution in [3.05, 3.63) is 0 Å². The Morgan fingerprint density at radius 1 is 1.29 bits per heavy atom. The van der Waals surface area contributed by atoms with Gasteiger partial charge in [0.1, 0.15) is 12.3 Å². The zero-order valence-corrected chi connectivity index (χ0v) is 12.5. The van der Waals surface area contributed by atoms with E-state index in [0.29, 0.717) is 25.6 Å². The number of amidine groups is 1. The molecule has 2 heterocycles. The molecule has 7 heteroatoms. The van der Waals surface area contributed by atoms with Gasteiger partial charge in [-0.15, -0.1) is 0 Å². The first kappa shape index (κ1) is 16.2. The van der Waals surface area contributed by atoms with Gasteiger partial charge in [0.25, 0.3) is 0 Å². The fourth-order valence-corrected chi connectivity index (χ4v) is 2.67. The molecule has 2 fully saturated rings. The number of nitrogens with zero attached hydrogens (tertiary/aromatic N) is 1. The molecular weight excluding hydrogens is 276 g/mol. The van der Waals surface area contributed by atoms with Crippen LogP contribution in [0.2, 0.25) is 0 Å². The minimum Gasteiger partial charge on any atom is -0.385 e. The normalized spacial score (nSPS) is 23.2. The molecule has 7 nitrogen and oxygen atoms in total. The number of carbonyl (C=O) groups excluding carboxylic acids is 1. The van der Waals surface area contributed by atoms with Crippen molar-refractivity contribution in [3.8, 4) is 0 Å². The van der Waals surface area contributed by atoms with Crippen molar-refractivity contribution in [1.82, 2.24) is 0 Å². The van der Waals surface area contributed by atoms with Crippen molar-refractivity contribution in [2.24, 2.45) is 16.8 Å². The van der Waals surface area contributed by atoms with E-state index in [1.165, 1.54) is 0 Å². The molecule has 0 atom stereocenters. The average Bonchev–Trinajstić information content (AvgIpc) is 2.93. The van der Waals surface area contributed by atoms with Gasteiger partial charge in [-0.3, -0.25) is 0 Å². The Morgan fingerprint density at radius 3 is 2.57 bits per heavy atom. The summed E-state index contributed by atoms with van der Waals surface area (Å²) in [6, 6.07) is 0. The molecule has 21 heavy (non-hydrogen) atoms. The van der Waals surface area contributed by atoms with Gasteiger partial charge in [0.05, 0.1) is 13.2 Å². The van der Waals surface area contributed by atoms with Gasteiger partial charge in [-0.25, -0.2) is 4.79 Å². The summed E-state index contributed by atoms with van der Waals surface area (Å²) >= 11 is 0. The summed E-state index contributed by atoms with van der Waals surface area (Å²) in [7, 11) is 0. The van der Waals surface area contributed by atoms with Crippen LogP contribution < -0.4 is 5.73 Å². The lowest BCUT2D eigenvalue weighted by Gasteiger charge is -2.29. The van der Waals surface area contributed by atoms with Crippen LogP contribution in [0.25, 0.3) is 0 Å². The molecule has 0 radical (unpaired) electrons. The second kappa shape index (κ2) is 7.72. The number of carbonyl (C=O) groups is 1. The highest BCUT2D eigenvalue weighted by atomic mass is 16.7. The van der Waals surface area contributed by atoms with Crippen molar-refractivity contribution in [1.29, 1.82) is 0 Å². The Labute approximate surface area is 124 Å². The maximum absolute atomic E-state index is 11.8. The van der Waals surface area contributed by atoms with Gasteiger partial charge in [-0.1, -0.05) is 5.16 Å². The van der Waals surface area contributed by atoms with Crippen LogP contribution in [-0.2, 0) is 23.8 Å². The summed E-state index contributed by atoms with van der Waals surface area (Å²) in [6.07, 6.45) is 3.77. The third kappa shape index (κ3) is 5.26. The zero-order valence-electron chi connectivity index (χ0n) is 12.5. The number of ether oxygens (including phenoxy) is 3. The van der Waals surface area contributed by atoms with Crippen molar-refractivity contribution >= 4 is 11.8 Å². The van der Waals surface area contributed by atoms with Gasteiger partial charge in [-0.2, -0.15) is 0 Å². The molecule has 0 bridgehead atoms. The molecule has 2 aliphatic heterocycles. The zero-order chi connectivity index (χ0) is 15.1. The van der Waals surface area contributed by atoms with E-state index in [4.69, 9.17) is 24.8 Å². The van der Waals surface area contributed by atoms with Crippen LogP contribution >= 0.6 is 0 Å². The second-order valence-corrected chi connectivity index (χ2v) is 5.57. The van der Waals surface area contributed by atoms with Crippen LogP contribution in [0.1, 0.15) is 39.0 Å². The summed E-state index contributed by atoms with van der Waals surface area (Å²) in [6.45, 7) is 4.18.